The van der Waals surface area contributed by atoms with Crippen molar-refractivity contribution in [2.24, 2.45) is 0 Å². The molecule has 5 heteroatoms. The molecule has 3 rings (SSSR count). The number of hydrogen-bond acceptors (Lipinski definition) is 2. The van der Waals surface area contributed by atoms with Gasteiger partial charge in [0.05, 0.1) is 6.42 Å². The Morgan fingerprint density at radius 3 is 2.27 bits per heavy atom. The van der Waals surface area contributed by atoms with Crippen molar-refractivity contribution < 1.29 is 9.78 Å². The first-order chi connectivity index (χ1) is 10.7. The van der Waals surface area contributed by atoms with Crippen molar-refractivity contribution in [3.8, 4) is 0 Å². The van der Waals surface area contributed by atoms with Gasteiger partial charge in [0.15, 0.2) is 12.4 Å². The van der Waals surface area contributed by atoms with Gasteiger partial charge >= 0.3 is 0 Å². The number of rotatable bonds is 3. The van der Waals surface area contributed by atoms with E-state index in [1.54, 1.807) is 0 Å². The van der Waals surface area contributed by atoms with Crippen molar-refractivity contribution in [3.05, 3.63) is 58.8 Å². The van der Waals surface area contributed by atoms with Crippen molar-refractivity contribution in [2.75, 3.05) is 31.1 Å². The highest BCUT2D eigenvalue weighted by molar-refractivity contribution is 9.10. The molecule has 0 unspecified atom stereocenters. The summed E-state index contributed by atoms with van der Waals surface area (Å²) >= 11 is 3.41. The standard InChI is InChI=1S/C17H18BrN3O/c18-15-3-1-14(2-4-15)13-17(22)21-11-9-20(10-12-21)16-5-7-19-8-6-16/h1-8H,9-13H2/p+1. The summed E-state index contributed by atoms with van der Waals surface area (Å²) < 4.78 is 1.04. The molecule has 1 aromatic heterocycles. The van der Waals surface area contributed by atoms with Gasteiger partial charge in [-0.3, -0.25) is 4.79 Å². The summed E-state index contributed by atoms with van der Waals surface area (Å²) in [7, 11) is 0. The summed E-state index contributed by atoms with van der Waals surface area (Å²) in [4.78, 5) is 19.7. The van der Waals surface area contributed by atoms with Crippen LogP contribution in [0.4, 0.5) is 5.69 Å². The lowest BCUT2D eigenvalue weighted by Crippen LogP contribution is -2.49. The number of amides is 1. The average Bonchev–Trinajstić information content (AvgIpc) is 2.58. The van der Waals surface area contributed by atoms with E-state index in [0.717, 1.165) is 36.2 Å². The van der Waals surface area contributed by atoms with Crippen LogP contribution in [0.15, 0.2) is 53.3 Å². The topological polar surface area (TPSA) is 37.7 Å². The Balaban J connectivity index is 1.54. The number of nitrogens with one attached hydrogen (secondary N) is 1. The quantitative estimate of drug-likeness (QED) is 0.840. The molecule has 0 atom stereocenters. The predicted molar refractivity (Wildman–Crippen MR) is 89.6 cm³/mol. The maximum Gasteiger partial charge on any atom is 0.227 e. The second-order valence-electron chi connectivity index (χ2n) is 5.43. The minimum Gasteiger partial charge on any atom is -0.368 e. The zero-order valence-electron chi connectivity index (χ0n) is 12.3. The van der Waals surface area contributed by atoms with Crippen LogP contribution in [0.1, 0.15) is 5.56 Å². The molecule has 1 aromatic carbocycles. The van der Waals surface area contributed by atoms with Gasteiger partial charge in [-0.15, -0.1) is 0 Å². The Kier molecular flexibility index (Phi) is 4.73. The zero-order chi connectivity index (χ0) is 15.4. The fourth-order valence-electron chi connectivity index (χ4n) is 2.69. The second kappa shape index (κ2) is 6.92. The largest absolute Gasteiger partial charge is 0.368 e. The molecule has 2 heterocycles. The number of carbonyl (C=O) groups excluding carboxylic acids is 1. The van der Waals surface area contributed by atoms with E-state index in [1.807, 2.05) is 41.6 Å². The summed E-state index contributed by atoms with van der Waals surface area (Å²) in [5.74, 6) is 0.211. The number of benzene rings is 1. The number of H-pyrrole nitrogens is 1. The van der Waals surface area contributed by atoms with Crippen LogP contribution in [-0.4, -0.2) is 37.0 Å². The van der Waals surface area contributed by atoms with E-state index >= 15 is 0 Å². The Bertz CT molecular complexity index is 622. The Morgan fingerprint density at radius 1 is 1.00 bits per heavy atom. The van der Waals surface area contributed by atoms with Crippen molar-refractivity contribution >= 4 is 27.5 Å². The minimum absolute atomic E-state index is 0.211. The Hall–Kier alpha value is -1.88. The average molecular weight is 361 g/mol. The number of pyridine rings is 1. The van der Waals surface area contributed by atoms with Crippen LogP contribution in [0.5, 0.6) is 0 Å². The van der Waals surface area contributed by atoms with Gasteiger partial charge in [-0.05, 0) is 17.7 Å². The van der Waals surface area contributed by atoms with Gasteiger partial charge in [0.25, 0.3) is 0 Å². The third-order valence-electron chi connectivity index (χ3n) is 3.97. The molecule has 0 bridgehead atoms. The number of halogens is 1. The monoisotopic (exact) mass is 360 g/mol. The third-order valence-corrected chi connectivity index (χ3v) is 4.50. The molecule has 1 aliphatic heterocycles. The van der Waals surface area contributed by atoms with E-state index in [1.165, 1.54) is 5.69 Å². The van der Waals surface area contributed by atoms with Gasteiger partial charge in [0.2, 0.25) is 5.91 Å². The lowest BCUT2D eigenvalue weighted by atomic mass is 10.1. The lowest BCUT2D eigenvalue weighted by molar-refractivity contribution is -0.377. The number of aromatic amines is 1. The fraction of sp³-hybridized carbons (Fsp3) is 0.294. The lowest BCUT2D eigenvalue weighted by Gasteiger charge is -2.35. The molecule has 4 nitrogen and oxygen atoms in total. The predicted octanol–water partition coefficient (Wildman–Crippen LogP) is 2.15. The van der Waals surface area contributed by atoms with Crippen molar-refractivity contribution in [1.29, 1.82) is 0 Å². The molecule has 1 saturated heterocycles. The first-order valence-electron chi connectivity index (χ1n) is 7.46. The number of nitrogens with zero attached hydrogens (tertiary/aromatic N) is 2. The number of aromatic nitrogens is 1. The van der Waals surface area contributed by atoms with E-state index in [0.29, 0.717) is 6.42 Å². The third kappa shape index (κ3) is 3.65. The van der Waals surface area contributed by atoms with Crippen molar-refractivity contribution in [2.45, 2.75) is 6.42 Å². The van der Waals surface area contributed by atoms with Crippen LogP contribution in [0, 0.1) is 0 Å². The number of anilines is 1. The van der Waals surface area contributed by atoms with Crippen LogP contribution in [0.25, 0.3) is 0 Å². The maximum absolute atomic E-state index is 12.4. The van der Waals surface area contributed by atoms with Crippen LogP contribution in [0.3, 0.4) is 0 Å². The van der Waals surface area contributed by atoms with Gasteiger partial charge in [0, 0.05) is 48.5 Å². The summed E-state index contributed by atoms with van der Waals surface area (Å²) in [6.45, 7) is 3.34. The Morgan fingerprint density at radius 2 is 1.64 bits per heavy atom. The van der Waals surface area contributed by atoms with E-state index in [9.17, 15) is 4.79 Å². The van der Waals surface area contributed by atoms with Crippen molar-refractivity contribution in [3.63, 3.8) is 0 Å². The summed E-state index contributed by atoms with van der Waals surface area (Å²) in [5.41, 5.74) is 2.27. The number of carbonyl (C=O) groups is 1. The number of piperazine rings is 1. The molecule has 0 spiro atoms. The zero-order valence-corrected chi connectivity index (χ0v) is 13.9. The van der Waals surface area contributed by atoms with E-state index in [2.05, 4.69) is 37.9 Å². The molecule has 1 fully saturated rings. The first-order valence-corrected chi connectivity index (χ1v) is 8.25. The molecule has 2 aromatic rings. The maximum atomic E-state index is 12.4. The van der Waals surface area contributed by atoms with E-state index in [-0.39, 0.29) is 5.91 Å². The highest BCUT2D eigenvalue weighted by Crippen LogP contribution is 2.15. The second-order valence-corrected chi connectivity index (χ2v) is 6.34. The highest BCUT2D eigenvalue weighted by Gasteiger charge is 2.21. The number of hydrogen-bond donors (Lipinski definition) is 0. The van der Waals surface area contributed by atoms with Gasteiger partial charge < -0.3 is 9.80 Å². The molecule has 114 valence electrons. The SMILES string of the molecule is O=C(Cc1ccc(Br)cc1)N1CCN(c2cc[nH+]cc2)CC1. The van der Waals surface area contributed by atoms with Gasteiger partial charge in [-0.25, -0.2) is 4.98 Å². The van der Waals surface area contributed by atoms with Crippen LogP contribution < -0.4 is 9.88 Å². The van der Waals surface area contributed by atoms with E-state index in [4.69, 9.17) is 0 Å². The summed E-state index contributed by atoms with van der Waals surface area (Å²) in [5, 5.41) is 0. The normalized spacial score (nSPS) is 15.0. The van der Waals surface area contributed by atoms with Gasteiger partial charge in [-0.2, -0.15) is 0 Å². The molecule has 22 heavy (non-hydrogen) atoms. The van der Waals surface area contributed by atoms with Crippen LogP contribution >= 0.6 is 15.9 Å². The molecule has 1 amide bonds. The Labute approximate surface area is 138 Å². The highest BCUT2D eigenvalue weighted by atomic mass is 79.9. The molecular weight excluding hydrogens is 342 g/mol. The molecular formula is C17H19BrN3O+. The minimum atomic E-state index is 0.211. The fourth-order valence-corrected chi connectivity index (χ4v) is 2.96. The van der Waals surface area contributed by atoms with E-state index < -0.39 is 0 Å². The van der Waals surface area contributed by atoms with Crippen LogP contribution in [0.2, 0.25) is 0 Å². The van der Waals surface area contributed by atoms with Gasteiger partial charge in [0.1, 0.15) is 0 Å². The molecule has 1 aliphatic rings. The smallest absolute Gasteiger partial charge is 0.227 e. The molecule has 1 N–H and O–H groups in total. The molecule has 0 aliphatic carbocycles. The summed E-state index contributed by atoms with van der Waals surface area (Å²) in [6, 6.07) is 12.1. The van der Waals surface area contributed by atoms with Gasteiger partial charge in [-0.1, -0.05) is 28.1 Å². The van der Waals surface area contributed by atoms with Crippen molar-refractivity contribution in [1.82, 2.24) is 4.90 Å². The summed E-state index contributed by atoms with van der Waals surface area (Å²) in [6.07, 6.45) is 4.34. The molecule has 0 saturated carbocycles. The van der Waals surface area contributed by atoms with Crippen LogP contribution in [-0.2, 0) is 11.2 Å². The first kappa shape index (κ1) is 15.0. The molecule has 0 radical (unpaired) electrons.